The third-order valence-corrected chi connectivity index (χ3v) is 5.10. The van der Waals surface area contributed by atoms with E-state index in [0.29, 0.717) is 12.0 Å². The first-order valence-corrected chi connectivity index (χ1v) is 9.51. The van der Waals surface area contributed by atoms with Gasteiger partial charge in [0.2, 0.25) is 0 Å². The first-order valence-electron chi connectivity index (χ1n) is 9.51. The number of carbonyl (C=O) groups is 1. The summed E-state index contributed by atoms with van der Waals surface area (Å²) in [6.07, 6.45) is 1.34. The van der Waals surface area contributed by atoms with Crippen LogP contribution in [0.1, 0.15) is 28.8 Å². The zero-order chi connectivity index (χ0) is 19.1. The van der Waals surface area contributed by atoms with E-state index in [1.165, 1.54) is 17.7 Å². The summed E-state index contributed by atoms with van der Waals surface area (Å²) in [7, 11) is 1.71. The molecule has 0 N–H and O–H groups in total. The van der Waals surface area contributed by atoms with Crippen molar-refractivity contribution in [3.8, 4) is 5.75 Å². The van der Waals surface area contributed by atoms with Gasteiger partial charge in [-0.1, -0.05) is 18.2 Å². The second-order valence-corrected chi connectivity index (χ2v) is 6.96. The van der Waals surface area contributed by atoms with Gasteiger partial charge < -0.3 is 9.64 Å². The highest BCUT2D eigenvalue weighted by atomic mass is 19.1. The van der Waals surface area contributed by atoms with Crippen LogP contribution in [0.25, 0.3) is 0 Å². The number of piperazine rings is 1. The number of Topliss-reactive ketones (excluding diaryl/α,β-unsaturated/α-hetero) is 1. The largest absolute Gasteiger partial charge is 0.496 e. The summed E-state index contributed by atoms with van der Waals surface area (Å²) in [6, 6.07) is 14.0. The van der Waals surface area contributed by atoms with Crippen molar-refractivity contribution in [2.75, 3.05) is 39.8 Å². The number of rotatable bonds is 8. The number of ketones is 1. The number of para-hydroxylation sites is 1. The molecule has 0 atom stereocenters. The summed E-state index contributed by atoms with van der Waals surface area (Å²) in [6.45, 7) is 5.89. The Morgan fingerprint density at radius 3 is 2.37 bits per heavy atom. The molecule has 1 saturated heterocycles. The molecule has 1 heterocycles. The summed E-state index contributed by atoms with van der Waals surface area (Å²) in [5, 5.41) is 0. The topological polar surface area (TPSA) is 32.8 Å². The van der Waals surface area contributed by atoms with Crippen LogP contribution in [0.2, 0.25) is 0 Å². The predicted octanol–water partition coefficient (Wildman–Crippen LogP) is 3.62. The van der Waals surface area contributed by atoms with Crippen molar-refractivity contribution in [1.29, 1.82) is 0 Å². The van der Waals surface area contributed by atoms with E-state index in [2.05, 4.69) is 15.9 Å². The van der Waals surface area contributed by atoms with E-state index in [-0.39, 0.29) is 11.6 Å². The molecule has 144 valence electrons. The lowest BCUT2D eigenvalue weighted by Crippen LogP contribution is -2.46. The van der Waals surface area contributed by atoms with E-state index in [4.69, 9.17) is 4.74 Å². The third kappa shape index (κ3) is 5.62. The molecule has 4 nitrogen and oxygen atoms in total. The van der Waals surface area contributed by atoms with E-state index in [9.17, 15) is 9.18 Å². The average molecular weight is 370 g/mol. The summed E-state index contributed by atoms with van der Waals surface area (Å²) in [5.41, 5.74) is 1.82. The van der Waals surface area contributed by atoms with Gasteiger partial charge in [0.15, 0.2) is 5.78 Å². The Morgan fingerprint density at radius 2 is 1.67 bits per heavy atom. The zero-order valence-electron chi connectivity index (χ0n) is 15.9. The van der Waals surface area contributed by atoms with Crippen molar-refractivity contribution in [1.82, 2.24) is 9.80 Å². The molecule has 2 aromatic carbocycles. The fourth-order valence-electron chi connectivity index (χ4n) is 3.49. The molecule has 0 bridgehead atoms. The van der Waals surface area contributed by atoms with Crippen molar-refractivity contribution < 1.29 is 13.9 Å². The molecule has 27 heavy (non-hydrogen) atoms. The average Bonchev–Trinajstić information content (AvgIpc) is 2.70. The predicted molar refractivity (Wildman–Crippen MR) is 105 cm³/mol. The van der Waals surface area contributed by atoms with Crippen molar-refractivity contribution in [2.45, 2.75) is 19.4 Å². The highest BCUT2D eigenvalue weighted by Gasteiger charge is 2.18. The van der Waals surface area contributed by atoms with Crippen LogP contribution in [0.4, 0.5) is 4.39 Å². The summed E-state index contributed by atoms with van der Waals surface area (Å²) >= 11 is 0. The Kier molecular flexibility index (Phi) is 6.96. The maximum atomic E-state index is 12.9. The number of nitrogens with zero attached hydrogens (tertiary/aromatic N) is 2. The number of hydrogen-bond donors (Lipinski definition) is 0. The Balaban J connectivity index is 1.38. The maximum Gasteiger partial charge on any atom is 0.162 e. The molecule has 0 amide bonds. The van der Waals surface area contributed by atoms with Gasteiger partial charge in [-0.05, 0) is 43.3 Å². The molecule has 5 heteroatoms. The van der Waals surface area contributed by atoms with Crippen LogP contribution in [0.5, 0.6) is 5.75 Å². The van der Waals surface area contributed by atoms with Gasteiger partial charge in [0.05, 0.1) is 7.11 Å². The van der Waals surface area contributed by atoms with Crippen molar-refractivity contribution in [3.63, 3.8) is 0 Å². The molecular weight excluding hydrogens is 343 g/mol. The third-order valence-electron chi connectivity index (χ3n) is 5.10. The van der Waals surface area contributed by atoms with Crippen molar-refractivity contribution in [3.05, 3.63) is 65.5 Å². The van der Waals surface area contributed by atoms with E-state index < -0.39 is 0 Å². The highest BCUT2D eigenvalue weighted by molar-refractivity contribution is 5.95. The lowest BCUT2D eigenvalue weighted by Gasteiger charge is -2.34. The minimum Gasteiger partial charge on any atom is -0.496 e. The molecule has 0 spiro atoms. The zero-order valence-corrected chi connectivity index (χ0v) is 15.9. The fourth-order valence-corrected chi connectivity index (χ4v) is 3.49. The van der Waals surface area contributed by atoms with Gasteiger partial charge in [0, 0.05) is 50.3 Å². The quantitative estimate of drug-likeness (QED) is 0.665. The number of ether oxygens (including phenoxy) is 1. The molecule has 1 aliphatic heterocycles. The van der Waals surface area contributed by atoms with Crippen LogP contribution in [0.15, 0.2) is 48.5 Å². The van der Waals surface area contributed by atoms with Crippen molar-refractivity contribution in [2.24, 2.45) is 0 Å². The molecule has 2 aromatic rings. The molecule has 0 unspecified atom stereocenters. The summed E-state index contributed by atoms with van der Waals surface area (Å²) < 4.78 is 18.4. The highest BCUT2D eigenvalue weighted by Crippen LogP contribution is 2.20. The lowest BCUT2D eigenvalue weighted by atomic mass is 10.1. The Labute approximate surface area is 160 Å². The molecule has 0 aliphatic carbocycles. The van der Waals surface area contributed by atoms with Gasteiger partial charge in [-0.25, -0.2) is 4.39 Å². The van der Waals surface area contributed by atoms with E-state index in [0.717, 1.165) is 51.4 Å². The number of carbonyl (C=O) groups excluding carboxylic acids is 1. The van der Waals surface area contributed by atoms with Crippen LogP contribution in [-0.2, 0) is 6.54 Å². The van der Waals surface area contributed by atoms with E-state index in [1.54, 1.807) is 19.2 Å². The number of benzene rings is 2. The van der Waals surface area contributed by atoms with Gasteiger partial charge in [-0.3, -0.25) is 9.69 Å². The molecule has 0 saturated carbocycles. The van der Waals surface area contributed by atoms with Crippen LogP contribution in [0.3, 0.4) is 0 Å². The molecule has 1 aliphatic rings. The first kappa shape index (κ1) is 19.5. The van der Waals surface area contributed by atoms with Crippen LogP contribution in [0, 0.1) is 5.82 Å². The fraction of sp³-hybridized carbons (Fsp3) is 0.409. The Bertz CT molecular complexity index is 740. The van der Waals surface area contributed by atoms with Crippen LogP contribution >= 0.6 is 0 Å². The Morgan fingerprint density at radius 1 is 1.00 bits per heavy atom. The van der Waals surface area contributed by atoms with Crippen LogP contribution in [-0.4, -0.2) is 55.4 Å². The van der Waals surface area contributed by atoms with Crippen molar-refractivity contribution >= 4 is 5.78 Å². The van der Waals surface area contributed by atoms with Gasteiger partial charge in [0.1, 0.15) is 11.6 Å². The molecule has 0 radical (unpaired) electrons. The standard InChI is InChI=1S/C22H27FN2O2/c1-27-22-7-3-2-5-19(22)17-25-15-13-24(14-16-25)12-4-6-21(26)18-8-10-20(23)11-9-18/h2-3,5,7-11H,4,6,12-17H2,1H3. The van der Waals surface area contributed by atoms with Crippen LogP contribution < -0.4 is 4.74 Å². The van der Waals surface area contributed by atoms with Gasteiger partial charge in [0.25, 0.3) is 0 Å². The van der Waals surface area contributed by atoms with E-state index in [1.807, 2.05) is 18.2 Å². The molecular formula is C22H27FN2O2. The second-order valence-electron chi connectivity index (χ2n) is 6.96. The van der Waals surface area contributed by atoms with Gasteiger partial charge in [-0.2, -0.15) is 0 Å². The SMILES string of the molecule is COc1ccccc1CN1CCN(CCCC(=O)c2ccc(F)cc2)CC1. The summed E-state index contributed by atoms with van der Waals surface area (Å²) in [5.74, 6) is 0.724. The molecule has 3 rings (SSSR count). The molecule has 1 fully saturated rings. The minimum atomic E-state index is -0.308. The van der Waals surface area contributed by atoms with Gasteiger partial charge >= 0.3 is 0 Å². The monoisotopic (exact) mass is 370 g/mol. The number of hydrogen-bond acceptors (Lipinski definition) is 4. The minimum absolute atomic E-state index is 0.0878. The van der Waals surface area contributed by atoms with E-state index >= 15 is 0 Å². The smallest absolute Gasteiger partial charge is 0.162 e. The normalized spacial score (nSPS) is 15.6. The molecule has 0 aromatic heterocycles. The number of methoxy groups -OCH3 is 1. The lowest BCUT2D eigenvalue weighted by molar-refractivity contribution is 0.0959. The Hall–Kier alpha value is -2.24. The maximum absolute atomic E-state index is 12.9. The second kappa shape index (κ2) is 9.62. The number of halogens is 1. The first-order chi connectivity index (χ1) is 13.2. The van der Waals surface area contributed by atoms with Gasteiger partial charge in [-0.15, -0.1) is 0 Å². The summed E-state index contributed by atoms with van der Waals surface area (Å²) in [4.78, 5) is 17.0.